The van der Waals surface area contributed by atoms with Crippen molar-refractivity contribution >= 4 is 0 Å². The zero-order valence-corrected chi connectivity index (χ0v) is 10.9. The van der Waals surface area contributed by atoms with Gasteiger partial charge in [0.2, 0.25) is 5.88 Å². The van der Waals surface area contributed by atoms with E-state index in [1.54, 1.807) is 0 Å². The highest BCUT2D eigenvalue weighted by atomic mass is 16.5. The highest BCUT2D eigenvalue weighted by Gasteiger charge is 2.25. The largest absolute Gasteiger partial charge is 0.478 e. The van der Waals surface area contributed by atoms with Crippen LogP contribution in [0.5, 0.6) is 5.88 Å². The molecule has 0 spiro atoms. The summed E-state index contributed by atoms with van der Waals surface area (Å²) >= 11 is 0. The van der Waals surface area contributed by atoms with Crippen LogP contribution in [0.15, 0.2) is 18.3 Å². The molecule has 2 rings (SSSR count). The summed E-state index contributed by atoms with van der Waals surface area (Å²) in [5, 5.41) is 0. The van der Waals surface area contributed by atoms with Crippen LogP contribution in [0.1, 0.15) is 44.7 Å². The Morgan fingerprint density at radius 3 is 3.06 bits per heavy atom. The van der Waals surface area contributed by atoms with E-state index < -0.39 is 0 Å². The first kappa shape index (κ1) is 12.4. The Morgan fingerprint density at radius 2 is 2.29 bits per heavy atom. The molecule has 0 radical (unpaired) electrons. The molecule has 0 aromatic carbocycles. The van der Waals surface area contributed by atoms with Gasteiger partial charge in [0, 0.05) is 17.8 Å². The predicted molar refractivity (Wildman–Crippen MR) is 69.2 cm³/mol. The molecule has 0 bridgehead atoms. The smallest absolute Gasteiger partial charge is 0.218 e. The van der Waals surface area contributed by atoms with Gasteiger partial charge in [-0.15, -0.1) is 0 Å². The lowest BCUT2D eigenvalue weighted by atomic mass is 9.96. The van der Waals surface area contributed by atoms with E-state index in [1.165, 1.54) is 31.4 Å². The summed E-state index contributed by atoms with van der Waals surface area (Å²) in [5.41, 5.74) is 1.26. The lowest BCUT2D eigenvalue weighted by Gasteiger charge is -2.35. The van der Waals surface area contributed by atoms with Gasteiger partial charge >= 0.3 is 0 Å². The van der Waals surface area contributed by atoms with Crippen molar-refractivity contribution in [1.29, 1.82) is 0 Å². The highest BCUT2D eigenvalue weighted by Crippen LogP contribution is 2.34. The number of hydrogen-bond acceptors (Lipinski definition) is 3. The normalized spacial score (nSPS) is 21.4. The lowest BCUT2D eigenvalue weighted by Crippen LogP contribution is -2.33. The Balaban J connectivity index is 2.24. The molecule has 1 aliphatic rings. The maximum Gasteiger partial charge on any atom is 0.218 e. The van der Waals surface area contributed by atoms with Crippen molar-refractivity contribution in [3.8, 4) is 5.88 Å². The Morgan fingerprint density at radius 1 is 1.41 bits per heavy atom. The van der Waals surface area contributed by atoms with Gasteiger partial charge in [0.25, 0.3) is 0 Å². The summed E-state index contributed by atoms with van der Waals surface area (Å²) in [4.78, 5) is 6.89. The van der Waals surface area contributed by atoms with Crippen LogP contribution in [-0.4, -0.2) is 29.6 Å². The first-order valence-electron chi connectivity index (χ1n) is 6.68. The van der Waals surface area contributed by atoms with Gasteiger partial charge < -0.3 is 4.74 Å². The topological polar surface area (TPSA) is 25.4 Å². The second-order valence-corrected chi connectivity index (χ2v) is 4.47. The molecule has 17 heavy (non-hydrogen) atoms. The van der Waals surface area contributed by atoms with Gasteiger partial charge in [-0.2, -0.15) is 0 Å². The number of pyridine rings is 1. The van der Waals surface area contributed by atoms with E-state index >= 15 is 0 Å². The van der Waals surface area contributed by atoms with Crippen molar-refractivity contribution < 1.29 is 4.74 Å². The molecule has 1 fully saturated rings. The molecule has 2 heterocycles. The Labute approximate surface area is 104 Å². The minimum absolute atomic E-state index is 0.490. The number of rotatable bonds is 4. The van der Waals surface area contributed by atoms with Gasteiger partial charge in [-0.1, -0.05) is 19.4 Å². The zero-order chi connectivity index (χ0) is 12.1. The van der Waals surface area contributed by atoms with Crippen molar-refractivity contribution in [3.63, 3.8) is 0 Å². The molecule has 3 nitrogen and oxygen atoms in total. The van der Waals surface area contributed by atoms with Gasteiger partial charge in [-0.25, -0.2) is 4.98 Å². The fourth-order valence-corrected chi connectivity index (χ4v) is 2.64. The molecular weight excluding hydrogens is 212 g/mol. The number of ether oxygens (including phenoxy) is 1. The zero-order valence-electron chi connectivity index (χ0n) is 10.9. The van der Waals surface area contributed by atoms with Crippen LogP contribution in [-0.2, 0) is 0 Å². The van der Waals surface area contributed by atoms with Gasteiger partial charge in [0.1, 0.15) is 0 Å². The van der Waals surface area contributed by atoms with E-state index in [0.717, 1.165) is 12.4 Å². The summed E-state index contributed by atoms with van der Waals surface area (Å²) < 4.78 is 5.65. The Bertz CT molecular complexity index is 354. The molecule has 1 aromatic heterocycles. The molecule has 0 aliphatic carbocycles. The van der Waals surface area contributed by atoms with E-state index in [0.29, 0.717) is 12.6 Å². The first-order valence-corrected chi connectivity index (χ1v) is 6.68. The molecule has 1 atom stereocenters. The monoisotopic (exact) mass is 234 g/mol. The van der Waals surface area contributed by atoms with E-state index in [-0.39, 0.29) is 0 Å². The number of piperidine rings is 1. The highest BCUT2D eigenvalue weighted by molar-refractivity contribution is 5.29. The molecule has 0 N–H and O–H groups in total. The molecule has 1 saturated heterocycles. The summed E-state index contributed by atoms with van der Waals surface area (Å²) in [5.74, 6) is 0.820. The number of nitrogens with zero attached hydrogens (tertiary/aromatic N) is 2. The fraction of sp³-hybridized carbons (Fsp3) is 0.643. The molecule has 3 heteroatoms. The average Bonchev–Trinajstić information content (AvgIpc) is 2.40. The lowest BCUT2D eigenvalue weighted by molar-refractivity contribution is 0.152. The van der Waals surface area contributed by atoms with Gasteiger partial charge in [0.05, 0.1) is 6.61 Å². The van der Waals surface area contributed by atoms with Crippen molar-refractivity contribution in [3.05, 3.63) is 23.9 Å². The molecule has 0 saturated carbocycles. The van der Waals surface area contributed by atoms with Gasteiger partial charge in [0.15, 0.2) is 0 Å². The minimum Gasteiger partial charge on any atom is -0.478 e. The van der Waals surface area contributed by atoms with Crippen LogP contribution in [0.4, 0.5) is 0 Å². The molecular formula is C14H22N2O. The maximum absolute atomic E-state index is 5.65. The van der Waals surface area contributed by atoms with Crippen LogP contribution in [0.3, 0.4) is 0 Å². The van der Waals surface area contributed by atoms with Crippen LogP contribution < -0.4 is 4.74 Å². The third kappa shape index (κ3) is 2.78. The van der Waals surface area contributed by atoms with Gasteiger partial charge in [-0.3, -0.25) is 4.90 Å². The van der Waals surface area contributed by atoms with Crippen LogP contribution in [0.25, 0.3) is 0 Å². The van der Waals surface area contributed by atoms with Crippen LogP contribution in [0, 0.1) is 0 Å². The van der Waals surface area contributed by atoms with E-state index in [4.69, 9.17) is 4.74 Å². The Hall–Kier alpha value is -1.09. The standard InChI is InChI=1S/C14H22N2O/c1-3-16-11-6-5-9-13(16)12-8-7-10-15-14(12)17-4-2/h7-8,10,13H,3-6,9,11H2,1-2H3. The second-order valence-electron chi connectivity index (χ2n) is 4.47. The third-order valence-corrected chi connectivity index (χ3v) is 3.46. The predicted octanol–water partition coefficient (Wildman–Crippen LogP) is 3.03. The SMILES string of the molecule is CCOc1ncccc1C1CCCCN1CC. The number of hydrogen-bond donors (Lipinski definition) is 0. The van der Waals surface area contributed by atoms with E-state index in [1.807, 2.05) is 19.2 Å². The van der Waals surface area contributed by atoms with Crippen molar-refractivity contribution in [1.82, 2.24) is 9.88 Å². The van der Waals surface area contributed by atoms with Crippen LogP contribution >= 0.6 is 0 Å². The molecule has 1 aliphatic heterocycles. The molecule has 0 amide bonds. The fourth-order valence-electron chi connectivity index (χ4n) is 2.64. The number of likely N-dealkylation sites (tertiary alicyclic amines) is 1. The number of aromatic nitrogens is 1. The Kier molecular flexibility index (Phi) is 4.37. The first-order chi connectivity index (χ1) is 8.36. The minimum atomic E-state index is 0.490. The van der Waals surface area contributed by atoms with Gasteiger partial charge in [-0.05, 0) is 38.9 Å². The summed E-state index contributed by atoms with van der Waals surface area (Å²) in [6.07, 6.45) is 5.66. The molecule has 1 unspecified atom stereocenters. The summed E-state index contributed by atoms with van der Waals surface area (Å²) in [6, 6.07) is 4.67. The van der Waals surface area contributed by atoms with E-state index in [2.05, 4.69) is 22.9 Å². The van der Waals surface area contributed by atoms with Crippen molar-refractivity contribution in [2.24, 2.45) is 0 Å². The van der Waals surface area contributed by atoms with E-state index in [9.17, 15) is 0 Å². The van der Waals surface area contributed by atoms with Crippen LogP contribution in [0.2, 0.25) is 0 Å². The summed E-state index contributed by atoms with van der Waals surface area (Å²) in [6.45, 7) is 7.22. The second kappa shape index (κ2) is 6.01. The average molecular weight is 234 g/mol. The summed E-state index contributed by atoms with van der Waals surface area (Å²) in [7, 11) is 0. The van der Waals surface area contributed by atoms with Crippen molar-refractivity contribution in [2.45, 2.75) is 39.2 Å². The maximum atomic E-state index is 5.65. The van der Waals surface area contributed by atoms with Crippen molar-refractivity contribution in [2.75, 3.05) is 19.7 Å². The quantitative estimate of drug-likeness (QED) is 0.800. The molecule has 94 valence electrons. The third-order valence-electron chi connectivity index (χ3n) is 3.46. The molecule has 1 aromatic rings.